The molecule has 50 heavy (non-hydrogen) atoms. The summed E-state index contributed by atoms with van der Waals surface area (Å²) in [7, 11) is 0. The summed E-state index contributed by atoms with van der Waals surface area (Å²) in [5.41, 5.74) is 3.64. The summed E-state index contributed by atoms with van der Waals surface area (Å²) in [5.74, 6) is -1.82. The SMILES string of the molecule is Cc1cc2c(C(C)C)c(O)c(O)c(C=NCc3ccoc3)c2c(O)c1-c1c(C)cc2c(C(C)C)c(O)c(O)c(C=NCc3ccco3)c2c1O. The molecule has 2 aromatic heterocycles. The number of fused-ring (bicyclic) bond motifs is 2. The van der Waals surface area contributed by atoms with E-state index in [4.69, 9.17) is 8.83 Å². The zero-order valence-electron chi connectivity index (χ0n) is 28.7. The first kappa shape index (κ1) is 34.0. The van der Waals surface area contributed by atoms with Gasteiger partial charge in [0.1, 0.15) is 17.3 Å². The van der Waals surface area contributed by atoms with Crippen LogP contribution in [0.2, 0.25) is 0 Å². The number of aromatic hydroxyl groups is 6. The fourth-order valence-electron chi connectivity index (χ4n) is 6.88. The van der Waals surface area contributed by atoms with Gasteiger partial charge in [-0.05, 0) is 65.8 Å². The van der Waals surface area contributed by atoms with Crippen LogP contribution in [0.5, 0.6) is 34.5 Å². The molecular weight excluding hydrogens is 636 g/mol. The molecule has 0 saturated carbocycles. The van der Waals surface area contributed by atoms with E-state index in [0.29, 0.717) is 38.8 Å². The largest absolute Gasteiger partial charge is 0.507 e. The maximum atomic E-state index is 12.2. The summed E-state index contributed by atoms with van der Waals surface area (Å²) >= 11 is 0. The van der Waals surface area contributed by atoms with Crippen molar-refractivity contribution in [2.24, 2.45) is 9.98 Å². The number of benzene rings is 4. The van der Waals surface area contributed by atoms with Gasteiger partial charge in [-0.2, -0.15) is 0 Å². The summed E-state index contributed by atoms with van der Waals surface area (Å²) in [4.78, 5) is 8.90. The number of phenolic OH excluding ortho intramolecular Hbond substituents is 6. The quantitative estimate of drug-likeness (QED) is 0.0650. The number of aryl methyl sites for hydroxylation is 2. The molecule has 10 nitrogen and oxygen atoms in total. The highest BCUT2D eigenvalue weighted by atomic mass is 16.3. The van der Waals surface area contributed by atoms with Crippen molar-refractivity contribution in [3.63, 3.8) is 0 Å². The second kappa shape index (κ2) is 13.2. The lowest BCUT2D eigenvalue weighted by Crippen LogP contribution is -2.01. The van der Waals surface area contributed by atoms with E-state index >= 15 is 0 Å². The lowest BCUT2D eigenvalue weighted by atomic mass is 9.83. The van der Waals surface area contributed by atoms with Gasteiger partial charge in [-0.1, -0.05) is 39.8 Å². The summed E-state index contributed by atoms with van der Waals surface area (Å²) < 4.78 is 10.5. The second-order valence-corrected chi connectivity index (χ2v) is 13.2. The first-order valence-electron chi connectivity index (χ1n) is 16.3. The first-order valence-corrected chi connectivity index (χ1v) is 16.3. The molecule has 258 valence electrons. The Bertz CT molecular complexity index is 2130. The molecule has 0 saturated heterocycles. The van der Waals surface area contributed by atoms with E-state index in [1.165, 1.54) is 25.0 Å². The van der Waals surface area contributed by atoms with E-state index in [-0.39, 0.29) is 80.9 Å². The highest BCUT2D eigenvalue weighted by molar-refractivity contribution is 6.15. The summed E-state index contributed by atoms with van der Waals surface area (Å²) in [6, 6.07) is 8.89. The summed E-state index contributed by atoms with van der Waals surface area (Å²) in [5, 5.41) is 71.0. The summed E-state index contributed by atoms with van der Waals surface area (Å²) in [6.45, 7) is 11.5. The molecule has 10 heteroatoms. The third-order valence-electron chi connectivity index (χ3n) is 9.11. The monoisotopic (exact) mass is 676 g/mol. The minimum Gasteiger partial charge on any atom is -0.507 e. The Hall–Kier alpha value is -5.90. The smallest absolute Gasteiger partial charge is 0.167 e. The number of phenols is 6. The highest BCUT2D eigenvalue weighted by Gasteiger charge is 2.29. The molecule has 2 heterocycles. The number of hydrogen-bond acceptors (Lipinski definition) is 10. The predicted octanol–water partition coefficient (Wildman–Crippen LogP) is 9.18. The fourth-order valence-corrected chi connectivity index (χ4v) is 6.88. The minimum absolute atomic E-state index is 0.0990. The standard InChI is InChI=1S/C40H40N2O8/c1-19(2)29-25-12-21(5)31(37(45)33(25)27(35(43)39(29)47)16-41-14-23-9-11-49-18-23)32-22(6)13-26-30(20(3)4)40(48)36(44)28(34(26)38(32)46)17-42-15-24-8-7-10-50-24/h7-13,16-20,43-48H,14-15H2,1-6H3. The zero-order chi connectivity index (χ0) is 36.0. The average molecular weight is 677 g/mol. The van der Waals surface area contributed by atoms with Crippen molar-refractivity contribution in [1.82, 2.24) is 0 Å². The number of rotatable bonds is 9. The molecule has 0 spiro atoms. The third-order valence-corrected chi connectivity index (χ3v) is 9.11. The number of hydrogen-bond donors (Lipinski definition) is 6. The maximum Gasteiger partial charge on any atom is 0.167 e. The molecular formula is C40H40N2O8. The molecule has 0 aliphatic carbocycles. The van der Waals surface area contributed by atoms with Crippen LogP contribution in [-0.2, 0) is 13.1 Å². The molecule has 0 atom stereocenters. The molecule has 6 aromatic rings. The van der Waals surface area contributed by atoms with Gasteiger partial charge in [0.2, 0.25) is 0 Å². The van der Waals surface area contributed by atoms with Crippen molar-refractivity contribution in [3.05, 3.63) is 93.8 Å². The molecule has 0 aliphatic rings. The van der Waals surface area contributed by atoms with Gasteiger partial charge in [-0.15, -0.1) is 0 Å². The van der Waals surface area contributed by atoms with Gasteiger partial charge in [-0.3, -0.25) is 9.98 Å². The van der Waals surface area contributed by atoms with Crippen molar-refractivity contribution < 1.29 is 39.5 Å². The van der Waals surface area contributed by atoms with Crippen molar-refractivity contribution >= 4 is 34.0 Å². The molecule has 0 amide bonds. The highest BCUT2D eigenvalue weighted by Crippen LogP contribution is 2.54. The van der Waals surface area contributed by atoms with Crippen LogP contribution in [0.3, 0.4) is 0 Å². The van der Waals surface area contributed by atoms with Crippen LogP contribution in [0, 0.1) is 13.8 Å². The predicted molar refractivity (Wildman–Crippen MR) is 195 cm³/mol. The van der Waals surface area contributed by atoms with Crippen LogP contribution >= 0.6 is 0 Å². The Kier molecular flexibility index (Phi) is 8.96. The van der Waals surface area contributed by atoms with Gasteiger partial charge in [0.15, 0.2) is 23.0 Å². The van der Waals surface area contributed by atoms with Crippen molar-refractivity contribution in [2.45, 2.75) is 66.5 Å². The van der Waals surface area contributed by atoms with Gasteiger partial charge in [-0.25, -0.2) is 0 Å². The van der Waals surface area contributed by atoms with Crippen LogP contribution in [-0.4, -0.2) is 43.1 Å². The van der Waals surface area contributed by atoms with Gasteiger partial charge in [0.05, 0.1) is 31.9 Å². The average Bonchev–Trinajstić information content (AvgIpc) is 3.77. The maximum absolute atomic E-state index is 12.2. The minimum atomic E-state index is -0.438. The Morgan fingerprint density at radius 3 is 1.56 bits per heavy atom. The van der Waals surface area contributed by atoms with Crippen LogP contribution < -0.4 is 0 Å². The van der Waals surface area contributed by atoms with E-state index < -0.39 is 11.5 Å². The van der Waals surface area contributed by atoms with Crippen LogP contribution in [0.25, 0.3) is 32.7 Å². The Labute approximate surface area is 288 Å². The first-order chi connectivity index (χ1) is 23.8. The van der Waals surface area contributed by atoms with Gasteiger partial charge in [0, 0.05) is 62.1 Å². The Morgan fingerprint density at radius 2 is 1.14 bits per heavy atom. The van der Waals surface area contributed by atoms with Gasteiger partial charge in [0.25, 0.3) is 0 Å². The summed E-state index contributed by atoms with van der Waals surface area (Å²) in [6.07, 6.45) is 7.41. The van der Waals surface area contributed by atoms with Gasteiger partial charge >= 0.3 is 0 Å². The second-order valence-electron chi connectivity index (χ2n) is 13.2. The Morgan fingerprint density at radius 1 is 0.640 bits per heavy atom. The normalized spacial score (nSPS) is 12.2. The van der Waals surface area contributed by atoms with E-state index in [1.807, 2.05) is 39.8 Å². The van der Waals surface area contributed by atoms with Crippen molar-refractivity contribution in [1.29, 1.82) is 0 Å². The molecule has 4 aromatic carbocycles. The fraction of sp³-hybridized carbons (Fsp3) is 0.250. The number of nitrogens with zero attached hydrogens (tertiary/aromatic N) is 2. The van der Waals surface area contributed by atoms with E-state index in [0.717, 1.165) is 5.56 Å². The molecule has 6 N–H and O–H groups in total. The molecule has 6 rings (SSSR count). The van der Waals surface area contributed by atoms with Crippen LogP contribution in [0.1, 0.15) is 84.2 Å². The molecule has 0 bridgehead atoms. The Balaban J connectivity index is 1.67. The van der Waals surface area contributed by atoms with Gasteiger partial charge < -0.3 is 39.5 Å². The van der Waals surface area contributed by atoms with E-state index in [1.54, 1.807) is 38.3 Å². The third kappa shape index (κ3) is 5.66. The van der Waals surface area contributed by atoms with Crippen molar-refractivity contribution in [2.75, 3.05) is 0 Å². The topological polar surface area (TPSA) is 172 Å². The molecule has 0 fully saturated rings. The van der Waals surface area contributed by atoms with Crippen LogP contribution in [0.15, 0.2) is 67.9 Å². The van der Waals surface area contributed by atoms with E-state index in [9.17, 15) is 30.6 Å². The molecule has 0 radical (unpaired) electrons. The number of furan rings is 2. The zero-order valence-corrected chi connectivity index (χ0v) is 28.7. The van der Waals surface area contributed by atoms with Crippen LogP contribution in [0.4, 0.5) is 0 Å². The lowest BCUT2D eigenvalue weighted by molar-refractivity contribution is 0.398. The lowest BCUT2D eigenvalue weighted by Gasteiger charge is -2.23. The van der Waals surface area contributed by atoms with Crippen molar-refractivity contribution in [3.8, 4) is 45.6 Å². The van der Waals surface area contributed by atoms with E-state index in [2.05, 4.69) is 9.98 Å². The molecule has 0 aliphatic heterocycles. The number of aliphatic imine (C=N–C) groups is 2. The molecule has 0 unspecified atom stereocenters.